The monoisotopic (exact) mass is 185 g/mol. The summed E-state index contributed by atoms with van der Waals surface area (Å²) >= 11 is 0. The number of hydrogen-bond donors (Lipinski definition) is 1. The molecule has 0 amide bonds. The van der Waals surface area contributed by atoms with Gasteiger partial charge in [-0.1, -0.05) is 33.6 Å². The molecular weight excluding hydrogens is 162 g/mol. The molecule has 13 heavy (non-hydrogen) atoms. The van der Waals surface area contributed by atoms with Gasteiger partial charge in [0.05, 0.1) is 6.61 Å². The lowest BCUT2D eigenvalue weighted by molar-refractivity contribution is 0.0119. The smallest absolute Gasteiger partial charge is 0.0732 e. The van der Waals surface area contributed by atoms with Gasteiger partial charge in [-0.15, -0.1) is 0 Å². The molecule has 0 aromatic rings. The molecule has 2 nitrogen and oxygen atoms in total. The van der Waals surface area contributed by atoms with E-state index in [4.69, 9.17) is 10.7 Å². The number of hydrogen-bond acceptors (Lipinski definition) is 2. The van der Waals surface area contributed by atoms with Gasteiger partial charge in [-0.2, -0.15) is 0 Å². The highest BCUT2D eigenvalue weighted by atomic mass is 16.6. The zero-order valence-corrected chi connectivity index (χ0v) is 9.18. The molecule has 0 spiro atoms. The summed E-state index contributed by atoms with van der Waals surface area (Å²) in [6.07, 6.45) is 5.44. The minimum absolute atomic E-state index is 0.259. The van der Waals surface area contributed by atoms with E-state index in [-0.39, 0.29) is 5.41 Å². The maximum Gasteiger partial charge on any atom is 0.0732 e. The quantitative estimate of drug-likeness (QED) is 0.686. The molecule has 0 heterocycles. The van der Waals surface area contributed by atoms with Gasteiger partial charge in [0, 0.05) is 0 Å². The molecule has 0 aromatic heterocycles. The predicted octanol–water partition coefficient (Wildman–Crippen LogP) is 2.73. The third-order valence-electron chi connectivity index (χ3n) is 3.58. The molecule has 0 aromatic carbocycles. The summed E-state index contributed by atoms with van der Waals surface area (Å²) in [7, 11) is 0. The second-order valence-electron chi connectivity index (χ2n) is 5.26. The van der Waals surface area contributed by atoms with Crippen LogP contribution in [0.3, 0.4) is 0 Å². The molecule has 1 aliphatic rings. The molecule has 0 saturated heterocycles. The van der Waals surface area contributed by atoms with Crippen molar-refractivity contribution < 1.29 is 4.84 Å². The van der Waals surface area contributed by atoms with Gasteiger partial charge < -0.3 is 4.84 Å². The van der Waals surface area contributed by atoms with Crippen molar-refractivity contribution in [3.63, 3.8) is 0 Å². The van der Waals surface area contributed by atoms with Crippen LogP contribution in [0.15, 0.2) is 0 Å². The van der Waals surface area contributed by atoms with Crippen LogP contribution in [0.1, 0.15) is 46.5 Å². The zero-order chi connectivity index (χ0) is 9.90. The van der Waals surface area contributed by atoms with Gasteiger partial charge >= 0.3 is 0 Å². The Hall–Kier alpha value is -0.0800. The Labute approximate surface area is 81.8 Å². The molecule has 1 fully saturated rings. The number of rotatable bonds is 3. The molecule has 78 valence electrons. The highest BCUT2D eigenvalue weighted by Crippen LogP contribution is 2.39. The Kier molecular flexibility index (Phi) is 3.74. The third-order valence-corrected chi connectivity index (χ3v) is 3.58. The summed E-state index contributed by atoms with van der Waals surface area (Å²) in [6, 6.07) is 0. The van der Waals surface area contributed by atoms with Crippen LogP contribution >= 0.6 is 0 Å². The van der Waals surface area contributed by atoms with Gasteiger partial charge in [-0.3, -0.25) is 0 Å². The second-order valence-corrected chi connectivity index (χ2v) is 5.26. The van der Waals surface area contributed by atoms with Crippen molar-refractivity contribution in [2.24, 2.45) is 23.1 Å². The first-order chi connectivity index (χ1) is 6.06. The summed E-state index contributed by atoms with van der Waals surface area (Å²) < 4.78 is 0. The first-order valence-electron chi connectivity index (χ1n) is 5.38. The Morgan fingerprint density at radius 3 is 2.23 bits per heavy atom. The normalized spacial score (nSPS) is 30.5. The van der Waals surface area contributed by atoms with Gasteiger partial charge in [0.25, 0.3) is 0 Å². The van der Waals surface area contributed by atoms with E-state index in [0.717, 1.165) is 11.8 Å². The molecule has 0 atom stereocenters. The summed E-state index contributed by atoms with van der Waals surface area (Å²) in [5, 5.41) is 0. The highest BCUT2D eigenvalue weighted by Gasteiger charge is 2.32. The van der Waals surface area contributed by atoms with Crippen LogP contribution in [0.25, 0.3) is 0 Å². The van der Waals surface area contributed by atoms with Crippen LogP contribution in [0.5, 0.6) is 0 Å². The Bertz CT molecular complexity index is 148. The fourth-order valence-electron chi connectivity index (χ4n) is 2.37. The van der Waals surface area contributed by atoms with Gasteiger partial charge in [0.2, 0.25) is 0 Å². The van der Waals surface area contributed by atoms with E-state index in [9.17, 15) is 0 Å². The first-order valence-corrected chi connectivity index (χ1v) is 5.38. The molecule has 1 rings (SSSR count). The largest absolute Gasteiger partial charge is 0.304 e. The topological polar surface area (TPSA) is 35.2 Å². The summed E-state index contributed by atoms with van der Waals surface area (Å²) in [4.78, 5) is 4.79. The van der Waals surface area contributed by atoms with Gasteiger partial charge in [0.1, 0.15) is 0 Å². The van der Waals surface area contributed by atoms with E-state index in [0.29, 0.717) is 6.61 Å². The molecule has 0 radical (unpaired) electrons. The standard InChI is InChI=1S/C11H23NO/c1-9-4-6-10(7-5-9)11(2,3)8-13-12/h9-10H,4-8,12H2,1-3H3. The molecule has 1 saturated carbocycles. The fourth-order valence-corrected chi connectivity index (χ4v) is 2.37. The average molecular weight is 185 g/mol. The van der Waals surface area contributed by atoms with Gasteiger partial charge in [0.15, 0.2) is 0 Å². The molecule has 1 aliphatic carbocycles. The van der Waals surface area contributed by atoms with Crippen LogP contribution in [0, 0.1) is 17.3 Å². The third kappa shape index (κ3) is 2.96. The van der Waals surface area contributed by atoms with Crippen LogP contribution in [-0.2, 0) is 4.84 Å². The molecule has 2 heteroatoms. The summed E-state index contributed by atoms with van der Waals surface area (Å²) in [5.41, 5.74) is 0.259. The lowest BCUT2D eigenvalue weighted by Gasteiger charge is -2.37. The van der Waals surface area contributed by atoms with Crippen molar-refractivity contribution in [3.05, 3.63) is 0 Å². The molecule has 0 unspecified atom stereocenters. The molecule has 0 bridgehead atoms. The van der Waals surface area contributed by atoms with E-state index in [1.807, 2.05) is 0 Å². The second kappa shape index (κ2) is 4.43. The Balaban J connectivity index is 2.42. The minimum Gasteiger partial charge on any atom is -0.304 e. The highest BCUT2D eigenvalue weighted by molar-refractivity contribution is 4.82. The lowest BCUT2D eigenvalue weighted by Crippen LogP contribution is -2.33. The van der Waals surface area contributed by atoms with Crippen LogP contribution in [0.4, 0.5) is 0 Å². The van der Waals surface area contributed by atoms with E-state index in [1.54, 1.807) is 0 Å². The first kappa shape index (κ1) is 11.0. The summed E-state index contributed by atoms with van der Waals surface area (Å²) in [5.74, 6) is 6.87. The van der Waals surface area contributed by atoms with E-state index < -0.39 is 0 Å². The zero-order valence-electron chi connectivity index (χ0n) is 9.18. The van der Waals surface area contributed by atoms with Crippen LogP contribution < -0.4 is 5.90 Å². The molecule has 2 N–H and O–H groups in total. The maximum atomic E-state index is 5.15. The summed E-state index contributed by atoms with van der Waals surface area (Å²) in [6.45, 7) is 7.57. The molecule has 0 aliphatic heterocycles. The van der Waals surface area contributed by atoms with Crippen LogP contribution in [-0.4, -0.2) is 6.61 Å². The van der Waals surface area contributed by atoms with Crippen molar-refractivity contribution in [2.75, 3.05) is 6.61 Å². The van der Waals surface area contributed by atoms with Gasteiger partial charge in [-0.05, 0) is 30.1 Å². The average Bonchev–Trinajstić information content (AvgIpc) is 2.05. The Morgan fingerprint density at radius 2 is 1.77 bits per heavy atom. The minimum atomic E-state index is 0.259. The van der Waals surface area contributed by atoms with Crippen molar-refractivity contribution in [2.45, 2.75) is 46.5 Å². The van der Waals surface area contributed by atoms with E-state index in [1.165, 1.54) is 25.7 Å². The predicted molar refractivity (Wildman–Crippen MR) is 55.0 cm³/mol. The SMILES string of the molecule is CC1CCC(C(C)(C)CON)CC1. The van der Waals surface area contributed by atoms with Crippen molar-refractivity contribution >= 4 is 0 Å². The van der Waals surface area contributed by atoms with Crippen molar-refractivity contribution in [3.8, 4) is 0 Å². The van der Waals surface area contributed by atoms with E-state index >= 15 is 0 Å². The number of nitrogens with two attached hydrogens (primary N) is 1. The lowest BCUT2D eigenvalue weighted by atomic mass is 9.69. The van der Waals surface area contributed by atoms with Gasteiger partial charge in [-0.25, -0.2) is 5.90 Å². The van der Waals surface area contributed by atoms with Crippen molar-refractivity contribution in [1.29, 1.82) is 0 Å². The Morgan fingerprint density at radius 1 is 1.23 bits per heavy atom. The van der Waals surface area contributed by atoms with Crippen molar-refractivity contribution in [1.82, 2.24) is 0 Å². The van der Waals surface area contributed by atoms with Crippen LogP contribution in [0.2, 0.25) is 0 Å². The van der Waals surface area contributed by atoms with E-state index in [2.05, 4.69) is 20.8 Å². The maximum absolute atomic E-state index is 5.15. The molecular formula is C11H23NO. The fraction of sp³-hybridized carbons (Fsp3) is 1.00.